The van der Waals surface area contributed by atoms with Gasteiger partial charge in [0.2, 0.25) is 0 Å². The molecule has 6 heteroatoms. The Kier molecular flexibility index (Phi) is 4.21. The highest BCUT2D eigenvalue weighted by molar-refractivity contribution is 5.98. The quantitative estimate of drug-likeness (QED) is 0.782. The van der Waals surface area contributed by atoms with E-state index in [9.17, 15) is 18.0 Å². The maximum Gasteiger partial charge on any atom is 0.414 e. The fourth-order valence-electron chi connectivity index (χ4n) is 1.51. The SMILES string of the molecule is Cc1cc(C(=O)COC(C)C(F)(F)F)c(C)n1C. The Morgan fingerprint density at radius 2 is 2.00 bits per heavy atom. The van der Waals surface area contributed by atoms with Gasteiger partial charge < -0.3 is 9.30 Å². The number of carbonyl (C=O) groups is 1. The average Bonchev–Trinajstić information content (AvgIpc) is 2.52. The minimum absolute atomic E-state index is 0.407. The molecule has 0 aliphatic rings. The molecule has 3 nitrogen and oxygen atoms in total. The van der Waals surface area contributed by atoms with Crippen LogP contribution in [0.5, 0.6) is 0 Å². The number of aromatic nitrogens is 1. The van der Waals surface area contributed by atoms with E-state index < -0.39 is 24.7 Å². The second kappa shape index (κ2) is 5.14. The van der Waals surface area contributed by atoms with E-state index in [0.29, 0.717) is 5.56 Å². The van der Waals surface area contributed by atoms with Crippen molar-refractivity contribution in [3.63, 3.8) is 0 Å². The lowest BCUT2D eigenvalue weighted by atomic mass is 10.1. The number of hydrogen-bond donors (Lipinski definition) is 0. The molecule has 1 atom stereocenters. The van der Waals surface area contributed by atoms with Crippen molar-refractivity contribution >= 4 is 5.78 Å². The van der Waals surface area contributed by atoms with Crippen LogP contribution >= 0.6 is 0 Å². The Morgan fingerprint density at radius 1 is 1.44 bits per heavy atom. The Balaban J connectivity index is 2.70. The molecule has 102 valence electrons. The maximum atomic E-state index is 12.2. The highest BCUT2D eigenvalue weighted by Gasteiger charge is 2.37. The predicted octanol–water partition coefficient (Wildman–Crippen LogP) is 2.79. The zero-order valence-corrected chi connectivity index (χ0v) is 10.8. The number of Topliss-reactive ketones (excluding diaryl/α,β-unsaturated/α-hetero) is 1. The summed E-state index contributed by atoms with van der Waals surface area (Å²) in [5.74, 6) is -0.438. The maximum absolute atomic E-state index is 12.2. The fourth-order valence-corrected chi connectivity index (χ4v) is 1.51. The van der Waals surface area contributed by atoms with E-state index in [-0.39, 0.29) is 0 Å². The first-order valence-electron chi connectivity index (χ1n) is 5.49. The van der Waals surface area contributed by atoms with Gasteiger partial charge in [0, 0.05) is 24.0 Å². The summed E-state index contributed by atoms with van der Waals surface area (Å²) in [5.41, 5.74) is 2.00. The molecule has 1 aromatic heterocycles. The van der Waals surface area contributed by atoms with E-state index in [1.165, 1.54) is 0 Å². The molecular formula is C12H16F3NO2. The fraction of sp³-hybridized carbons (Fsp3) is 0.583. The van der Waals surface area contributed by atoms with E-state index in [0.717, 1.165) is 18.3 Å². The van der Waals surface area contributed by atoms with Gasteiger partial charge in [-0.1, -0.05) is 0 Å². The molecule has 0 bridgehead atoms. The monoisotopic (exact) mass is 263 g/mol. The molecule has 0 aliphatic heterocycles. The molecule has 0 saturated carbocycles. The summed E-state index contributed by atoms with van der Waals surface area (Å²) in [6.45, 7) is 3.89. The van der Waals surface area contributed by atoms with Crippen molar-refractivity contribution in [3.05, 3.63) is 23.0 Å². The molecule has 0 aliphatic carbocycles. The lowest BCUT2D eigenvalue weighted by Gasteiger charge is -2.15. The third kappa shape index (κ3) is 3.13. The van der Waals surface area contributed by atoms with Crippen LogP contribution in [0.3, 0.4) is 0 Å². The molecule has 18 heavy (non-hydrogen) atoms. The summed E-state index contributed by atoms with van der Waals surface area (Å²) < 4.78 is 43.0. The number of rotatable bonds is 4. The van der Waals surface area contributed by atoms with Gasteiger partial charge in [0.05, 0.1) is 0 Å². The second-order valence-electron chi connectivity index (χ2n) is 4.26. The van der Waals surface area contributed by atoms with Crippen LogP contribution in [0.15, 0.2) is 6.07 Å². The Bertz CT molecular complexity index is 449. The Hall–Kier alpha value is -1.30. The number of nitrogens with zero attached hydrogens (tertiary/aromatic N) is 1. The Labute approximate surface area is 104 Å². The third-order valence-corrected chi connectivity index (χ3v) is 3.00. The molecule has 0 radical (unpaired) electrons. The first-order valence-corrected chi connectivity index (χ1v) is 5.49. The number of carbonyl (C=O) groups excluding carboxylic acids is 1. The zero-order valence-electron chi connectivity index (χ0n) is 10.8. The molecular weight excluding hydrogens is 247 g/mol. The van der Waals surface area contributed by atoms with Crippen molar-refractivity contribution < 1.29 is 22.7 Å². The normalized spacial score (nSPS) is 13.7. The minimum atomic E-state index is -4.44. The van der Waals surface area contributed by atoms with Crippen LogP contribution in [0, 0.1) is 13.8 Å². The van der Waals surface area contributed by atoms with Gasteiger partial charge in [0.1, 0.15) is 6.61 Å². The zero-order chi connectivity index (χ0) is 14.1. The first-order chi connectivity index (χ1) is 8.14. The topological polar surface area (TPSA) is 31.2 Å². The van der Waals surface area contributed by atoms with Gasteiger partial charge in [-0.2, -0.15) is 13.2 Å². The Morgan fingerprint density at radius 3 is 2.39 bits per heavy atom. The predicted molar refractivity (Wildman–Crippen MR) is 60.7 cm³/mol. The van der Waals surface area contributed by atoms with Crippen LogP contribution in [-0.2, 0) is 11.8 Å². The van der Waals surface area contributed by atoms with Crippen molar-refractivity contribution in [3.8, 4) is 0 Å². The molecule has 0 aromatic carbocycles. The van der Waals surface area contributed by atoms with Crippen LogP contribution in [0.1, 0.15) is 28.7 Å². The highest BCUT2D eigenvalue weighted by atomic mass is 19.4. The summed E-state index contributed by atoms with van der Waals surface area (Å²) >= 11 is 0. The van der Waals surface area contributed by atoms with Crippen molar-refractivity contribution in [1.82, 2.24) is 4.57 Å². The van der Waals surface area contributed by atoms with Crippen molar-refractivity contribution in [1.29, 1.82) is 0 Å². The van der Waals surface area contributed by atoms with Crippen LogP contribution < -0.4 is 0 Å². The molecule has 0 fully saturated rings. The molecule has 0 spiro atoms. The number of ether oxygens (including phenoxy) is 1. The van der Waals surface area contributed by atoms with Crippen molar-refractivity contribution in [2.24, 2.45) is 7.05 Å². The molecule has 0 saturated heterocycles. The average molecular weight is 263 g/mol. The van der Waals surface area contributed by atoms with Gasteiger partial charge in [-0.15, -0.1) is 0 Å². The van der Waals surface area contributed by atoms with E-state index in [1.807, 2.05) is 6.92 Å². The van der Waals surface area contributed by atoms with Gasteiger partial charge in [0.25, 0.3) is 0 Å². The number of ketones is 1. The standard InChI is InChI=1S/C12H16F3NO2/c1-7-5-10(8(2)16(7)4)11(17)6-18-9(3)12(13,14)15/h5,9H,6H2,1-4H3. The lowest BCUT2D eigenvalue weighted by molar-refractivity contribution is -0.210. The van der Waals surface area contributed by atoms with Gasteiger partial charge in [-0.25, -0.2) is 0 Å². The van der Waals surface area contributed by atoms with Crippen molar-refractivity contribution in [2.45, 2.75) is 33.1 Å². The highest BCUT2D eigenvalue weighted by Crippen LogP contribution is 2.22. The van der Waals surface area contributed by atoms with E-state index in [2.05, 4.69) is 4.74 Å². The van der Waals surface area contributed by atoms with Crippen molar-refractivity contribution in [2.75, 3.05) is 6.61 Å². The van der Waals surface area contributed by atoms with Gasteiger partial charge in [0.15, 0.2) is 11.9 Å². The summed E-state index contributed by atoms with van der Waals surface area (Å²) in [4.78, 5) is 11.8. The summed E-state index contributed by atoms with van der Waals surface area (Å²) in [7, 11) is 1.79. The van der Waals surface area contributed by atoms with Gasteiger partial charge in [-0.05, 0) is 26.8 Å². The summed E-state index contributed by atoms with van der Waals surface area (Å²) in [6, 6.07) is 1.65. The van der Waals surface area contributed by atoms with Crippen LogP contribution in [-0.4, -0.2) is 29.2 Å². The molecule has 0 amide bonds. The number of aryl methyl sites for hydroxylation is 1. The molecule has 0 N–H and O–H groups in total. The number of hydrogen-bond acceptors (Lipinski definition) is 2. The number of halogens is 3. The van der Waals surface area contributed by atoms with E-state index in [1.54, 1.807) is 24.6 Å². The molecule has 1 unspecified atom stereocenters. The lowest BCUT2D eigenvalue weighted by Crippen LogP contribution is -2.30. The van der Waals surface area contributed by atoms with Crippen LogP contribution in [0.25, 0.3) is 0 Å². The van der Waals surface area contributed by atoms with Gasteiger partial charge in [-0.3, -0.25) is 4.79 Å². The minimum Gasteiger partial charge on any atom is -0.361 e. The van der Waals surface area contributed by atoms with E-state index in [4.69, 9.17) is 0 Å². The molecule has 1 aromatic rings. The summed E-state index contributed by atoms with van der Waals surface area (Å²) in [6.07, 6.45) is -6.38. The van der Waals surface area contributed by atoms with E-state index >= 15 is 0 Å². The summed E-state index contributed by atoms with van der Waals surface area (Å²) in [5, 5.41) is 0. The molecule has 1 rings (SSSR count). The largest absolute Gasteiger partial charge is 0.414 e. The number of alkyl halides is 3. The van der Waals surface area contributed by atoms with Gasteiger partial charge >= 0.3 is 6.18 Å². The smallest absolute Gasteiger partial charge is 0.361 e. The third-order valence-electron chi connectivity index (χ3n) is 3.00. The first kappa shape index (κ1) is 14.8. The molecule has 1 heterocycles. The van der Waals surface area contributed by atoms with Crippen LogP contribution in [0.2, 0.25) is 0 Å². The van der Waals surface area contributed by atoms with Crippen LogP contribution in [0.4, 0.5) is 13.2 Å². The second-order valence-corrected chi connectivity index (χ2v) is 4.26.